The second-order valence-corrected chi connectivity index (χ2v) is 7.13. The maximum absolute atomic E-state index is 10.8. The number of likely N-dealkylation sites (N-methyl/N-ethyl adjacent to an activating group) is 1. The van der Waals surface area contributed by atoms with Gasteiger partial charge in [-0.1, -0.05) is 68.9 Å². The van der Waals surface area contributed by atoms with Crippen LogP contribution in [0.1, 0.15) is 37.8 Å². The van der Waals surface area contributed by atoms with Crippen LogP contribution < -0.4 is 0 Å². The smallest absolute Gasteiger partial charge is 0.119 e. The van der Waals surface area contributed by atoms with Gasteiger partial charge in [0.2, 0.25) is 0 Å². The third kappa shape index (κ3) is 3.55. The van der Waals surface area contributed by atoms with Gasteiger partial charge in [0.1, 0.15) is 5.75 Å². The molecule has 0 spiro atoms. The largest absolute Gasteiger partial charge is 0.508 e. The molecule has 1 aliphatic heterocycles. The van der Waals surface area contributed by atoms with Crippen molar-refractivity contribution < 1.29 is 5.11 Å². The molecule has 3 unspecified atom stereocenters. The predicted octanol–water partition coefficient (Wildman–Crippen LogP) is 5.70. The van der Waals surface area contributed by atoms with E-state index in [1.165, 1.54) is 5.56 Å². The summed E-state index contributed by atoms with van der Waals surface area (Å²) in [5.41, 5.74) is 2.07. The monoisotopic (exact) mass is 415 g/mol. The van der Waals surface area contributed by atoms with Crippen LogP contribution in [-0.4, -0.2) is 23.1 Å². The highest BCUT2D eigenvalue weighted by Gasteiger charge is 2.46. The summed E-state index contributed by atoms with van der Waals surface area (Å²) < 4.78 is 0. The molecule has 3 atom stereocenters. The molecule has 0 radical (unpaired) electrons. The molecule has 140 valence electrons. The number of allylic oxidation sites excluding steroid dienone is 5. The number of halogens is 1. The molecule has 1 aromatic carbocycles. The van der Waals surface area contributed by atoms with Gasteiger partial charge in [0.25, 0.3) is 0 Å². The normalized spacial score (nSPS) is 26.8. The maximum Gasteiger partial charge on any atom is 0.119 e. The van der Waals surface area contributed by atoms with Crippen molar-refractivity contribution in [1.82, 2.24) is 4.90 Å². The Morgan fingerprint density at radius 1 is 1.08 bits per heavy atom. The van der Waals surface area contributed by atoms with Crippen molar-refractivity contribution in [2.24, 2.45) is 5.92 Å². The lowest BCUT2D eigenvalue weighted by molar-refractivity contribution is 0.217. The van der Waals surface area contributed by atoms with Gasteiger partial charge in [0.15, 0.2) is 0 Å². The summed E-state index contributed by atoms with van der Waals surface area (Å²) in [7, 11) is 2.12. The second kappa shape index (κ2) is 8.77. The Labute approximate surface area is 168 Å². The summed E-state index contributed by atoms with van der Waals surface area (Å²) in [6, 6.07) is 6.33. The van der Waals surface area contributed by atoms with E-state index in [1.54, 1.807) is 0 Å². The first-order valence-electron chi connectivity index (χ1n) is 9.38. The van der Waals surface area contributed by atoms with Gasteiger partial charge >= 0.3 is 0 Å². The van der Waals surface area contributed by atoms with Gasteiger partial charge in [-0.05, 0) is 42.7 Å². The maximum atomic E-state index is 10.8. The van der Waals surface area contributed by atoms with Crippen LogP contribution in [0.3, 0.4) is 0 Å². The van der Waals surface area contributed by atoms with Crippen molar-refractivity contribution >= 4 is 17.0 Å². The number of aryl methyl sites for hydroxylation is 1. The molecule has 26 heavy (non-hydrogen) atoms. The van der Waals surface area contributed by atoms with Crippen molar-refractivity contribution in [3.05, 3.63) is 78.1 Å². The number of aromatic hydroxyl groups is 1. The summed E-state index contributed by atoms with van der Waals surface area (Å²) in [5, 5.41) is 10.8. The van der Waals surface area contributed by atoms with Crippen LogP contribution >= 0.6 is 17.0 Å². The van der Waals surface area contributed by atoms with E-state index in [0.717, 1.165) is 24.8 Å². The summed E-state index contributed by atoms with van der Waals surface area (Å²) in [6.07, 6.45) is 20.6. The van der Waals surface area contributed by atoms with Crippen LogP contribution in [0.4, 0.5) is 0 Å². The SMILES string of the molecule is Br.CCCc1ccc(O)c(C2(C3C=CC=CN3C)C=CC=CC2CC)c1. The molecular formula is C23H30BrNO. The zero-order valence-electron chi connectivity index (χ0n) is 15.9. The second-order valence-electron chi connectivity index (χ2n) is 7.13. The minimum absolute atomic E-state index is 0. The lowest BCUT2D eigenvalue weighted by Crippen LogP contribution is -2.50. The van der Waals surface area contributed by atoms with Gasteiger partial charge in [-0.25, -0.2) is 0 Å². The Morgan fingerprint density at radius 2 is 1.85 bits per heavy atom. The number of hydrogen-bond donors (Lipinski definition) is 1. The lowest BCUT2D eigenvalue weighted by atomic mass is 9.61. The number of rotatable bonds is 5. The van der Waals surface area contributed by atoms with Crippen molar-refractivity contribution in [1.29, 1.82) is 0 Å². The number of phenolic OH excluding ortho intramolecular Hbond substituents is 1. The van der Waals surface area contributed by atoms with E-state index >= 15 is 0 Å². The Bertz CT molecular complexity index is 734. The minimum Gasteiger partial charge on any atom is -0.508 e. The molecule has 0 amide bonds. The molecule has 1 heterocycles. The average Bonchev–Trinajstić information content (AvgIpc) is 2.64. The molecular weight excluding hydrogens is 386 g/mol. The molecule has 0 fully saturated rings. The van der Waals surface area contributed by atoms with Crippen molar-refractivity contribution in [2.45, 2.75) is 44.6 Å². The Hall–Kier alpha value is -1.74. The van der Waals surface area contributed by atoms with Gasteiger partial charge in [-0.3, -0.25) is 0 Å². The van der Waals surface area contributed by atoms with E-state index in [4.69, 9.17) is 0 Å². The molecule has 1 aromatic rings. The average molecular weight is 416 g/mol. The minimum atomic E-state index is -0.270. The molecule has 0 saturated carbocycles. The fourth-order valence-corrected chi connectivity index (χ4v) is 4.39. The van der Waals surface area contributed by atoms with E-state index < -0.39 is 0 Å². The lowest BCUT2D eigenvalue weighted by Gasteiger charge is -2.48. The fourth-order valence-electron chi connectivity index (χ4n) is 4.39. The molecule has 0 bridgehead atoms. The molecule has 2 nitrogen and oxygen atoms in total. The van der Waals surface area contributed by atoms with E-state index in [9.17, 15) is 5.11 Å². The van der Waals surface area contributed by atoms with E-state index in [2.05, 4.69) is 86.7 Å². The van der Waals surface area contributed by atoms with Crippen LogP contribution in [0.2, 0.25) is 0 Å². The van der Waals surface area contributed by atoms with Crippen LogP contribution in [-0.2, 0) is 11.8 Å². The number of nitrogens with zero attached hydrogens (tertiary/aromatic N) is 1. The quantitative estimate of drug-likeness (QED) is 0.666. The Morgan fingerprint density at radius 3 is 2.54 bits per heavy atom. The molecule has 3 rings (SSSR count). The summed E-state index contributed by atoms with van der Waals surface area (Å²) in [4.78, 5) is 2.26. The van der Waals surface area contributed by atoms with Crippen LogP contribution in [0.25, 0.3) is 0 Å². The van der Waals surface area contributed by atoms with Gasteiger partial charge in [0, 0.05) is 18.0 Å². The summed E-state index contributed by atoms with van der Waals surface area (Å²) >= 11 is 0. The van der Waals surface area contributed by atoms with Crippen LogP contribution in [0.5, 0.6) is 5.75 Å². The first-order valence-corrected chi connectivity index (χ1v) is 9.38. The van der Waals surface area contributed by atoms with Crippen LogP contribution in [0.15, 0.2) is 66.9 Å². The predicted molar refractivity (Wildman–Crippen MR) is 116 cm³/mol. The summed E-state index contributed by atoms with van der Waals surface area (Å²) in [6.45, 7) is 4.43. The number of phenols is 1. The molecule has 1 aliphatic carbocycles. The van der Waals surface area contributed by atoms with Crippen LogP contribution in [0, 0.1) is 5.92 Å². The van der Waals surface area contributed by atoms with Gasteiger partial charge in [0.05, 0.1) is 6.04 Å². The molecule has 0 saturated heterocycles. The Balaban J connectivity index is 0.00000243. The molecule has 3 heteroatoms. The zero-order chi connectivity index (χ0) is 17.9. The highest BCUT2D eigenvalue weighted by atomic mass is 79.9. The van der Waals surface area contributed by atoms with Crippen molar-refractivity contribution in [3.63, 3.8) is 0 Å². The van der Waals surface area contributed by atoms with Crippen molar-refractivity contribution in [2.75, 3.05) is 7.05 Å². The van der Waals surface area contributed by atoms with Gasteiger partial charge in [-0.15, -0.1) is 17.0 Å². The number of hydrogen-bond acceptors (Lipinski definition) is 2. The standard InChI is InChI=1S/C23H29NO.BrH/c1-4-10-18-13-14-21(25)20(17-18)23(15-8-6-11-19(23)5-2)22-12-7-9-16-24(22)3;/h6-9,11-17,19,22,25H,4-5,10H2,1-3H3;1H. The van der Waals surface area contributed by atoms with E-state index in [0.29, 0.717) is 11.7 Å². The van der Waals surface area contributed by atoms with Gasteiger partial charge < -0.3 is 10.0 Å². The topological polar surface area (TPSA) is 23.5 Å². The third-order valence-corrected chi connectivity index (χ3v) is 5.60. The molecule has 2 aliphatic rings. The summed E-state index contributed by atoms with van der Waals surface area (Å²) in [5.74, 6) is 0.735. The first kappa shape index (κ1) is 20.6. The third-order valence-electron chi connectivity index (χ3n) is 5.60. The molecule has 1 N–H and O–H groups in total. The van der Waals surface area contributed by atoms with E-state index in [1.807, 2.05) is 6.07 Å². The highest BCUT2D eigenvalue weighted by Crippen LogP contribution is 2.48. The van der Waals surface area contributed by atoms with Gasteiger partial charge in [-0.2, -0.15) is 0 Å². The number of benzene rings is 1. The Kier molecular flexibility index (Phi) is 6.94. The van der Waals surface area contributed by atoms with Crippen molar-refractivity contribution in [3.8, 4) is 5.75 Å². The first-order chi connectivity index (χ1) is 12.1. The fraction of sp³-hybridized carbons (Fsp3) is 0.391. The zero-order valence-corrected chi connectivity index (χ0v) is 17.6. The molecule has 0 aromatic heterocycles. The highest BCUT2D eigenvalue weighted by molar-refractivity contribution is 8.93. The van der Waals surface area contributed by atoms with E-state index in [-0.39, 0.29) is 28.4 Å².